The Morgan fingerprint density at radius 3 is 2.49 bits per heavy atom. The third-order valence-electron chi connectivity index (χ3n) is 6.91. The van der Waals surface area contributed by atoms with E-state index >= 15 is 0 Å². The van der Waals surface area contributed by atoms with Gasteiger partial charge in [0, 0.05) is 36.7 Å². The molecule has 0 saturated carbocycles. The Morgan fingerprint density at radius 2 is 1.73 bits per heavy atom. The molecule has 6 rings (SSSR count). The molecular formula is C32H29N3O4S2. The summed E-state index contributed by atoms with van der Waals surface area (Å²) in [4.78, 5) is 21.2. The summed E-state index contributed by atoms with van der Waals surface area (Å²) in [5, 5.41) is 12.4. The molecule has 1 fully saturated rings. The second-order valence-electron chi connectivity index (χ2n) is 9.77. The van der Waals surface area contributed by atoms with Gasteiger partial charge in [0.25, 0.3) is 5.91 Å². The maximum atomic E-state index is 12.4. The molecule has 7 nitrogen and oxygen atoms in total. The molecule has 0 aliphatic carbocycles. The molecule has 1 aliphatic heterocycles. The van der Waals surface area contributed by atoms with Crippen LogP contribution in [0, 0.1) is 0 Å². The highest BCUT2D eigenvalue weighted by molar-refractivity contribution is 8.01. The van der Waals surface area contributed by atoms with Crippen molar-refractivity contribution in [1.29, 1.82) is 0 Å². The smallest absolute Gasteiger partial charge is 0.253 e. The van der Waals surface area contributed by atoms with Crippen molar-refractivity contribution in [3.63, 3.8) is 0 Å². The van der Waals surface area contributed by atoms with E-state index in [9.17, 15) is 9.90 Å². The molecule has 1 aliphatic rings. The van der Waals surface area contributed by atoms with Crippen LogP contribution in [0.15, 0.2) is 102 Å². The number of aliphatic hydroxyl groups excluding tert-OH is 1. The number of para-hydroxylation sites is 1. The summed E-state index contributed by atoms with van der Waals surface area (Å²) in [6, 6.07) is 27.5. The number of aliphatic hydroxyl groups is 1. The molecule has 0 unspecified atom stereocenters. The van der Waals surface area contributed by atoms with Crippen molar-refractivity contribution >= 4 is 39.2 Å². The van der Waals surface area contributed by atoms with E-state index in [-0.39, 0.29) is 24.7 Å². The van der Waals surface area contributed by atoms with Crippen LogP contribution >= 0.6 is 23.1 Å². The van der Waals surface area contributed by atoms with E-state index in [2.05, 4.69) is 16.4 Å². The van der Waals surface area contributed by atoms with Crippen LogP contribution in [0.5, 0.6) is 0 Å². The maximum absolute atomic E-state index is 12.4. The Labute approximate surface area is 246 Å². The van der Waals surface area contributed by atoms with Crippen LogP contribution in [0.2, 0.25) is 0 Å². The lowest BCUT2D eigenvalue weighted by Gasteiger charge is -2.36. The van der Waals surface area contributed by atoms with Gasteiger partial charge in [0.2, 0.25) is 0 Å². The first kappa shape index (κ1) is 27.6. The number of nitrogens with one attached hydrogen (secondary N) is 1. The SMILES string of the molecule is O=C(NCc1ccc([C@H]2O[C@@H](CSc3nc4ccccc4s3)C[C@@H](c3ccc(CO)cc3)O2)cc1)c1cccnc1. The normalized spacial score (nSPS) is 18.8. The van der Waals surface area contributed by atoms with Crippen molar-refractivity contribution in [1.82, 2.24) is 15.3 Å². The molecule has 2 N–H and O–H groups in total. The molecule has 5 aromatic rings. The van der Waals surface area contributed by atoms with E-state index in [1.54, 1.807) is 47.6 Å². The molecule has 0 radical (unpaired) electrons. The number of hydrogen-bond acceptors (Lipinski definition) is 8. The summed E-state index contributed by atoms with van der Waals surface area (Å²) in [7, 11) is 0. The number of ether oxygens (including phenoxy) is 2. The van der Waals surface area contributed by atoms with Crippen LogP contribution in [-0.4, -0.2) is 32.8 Å². The number of nitrogens with zero attached hydrogens (tertiary/aromatic N) is 2. The summed E-state index contributed by atoms with van der Waals surface area (Å²) in [6.07, 6.45) is 3.17. The van der Waals surface area contributed by atoms with Crippen molar-refractivity contribution in [2.75, 3.05) is 5.75 Å². The number of fused-ring (bicyclic) bond motifs is 1. The first-order valence-corrected chi connectivity index (χ1v) is 15.2. The molecule has 1 saturated heterocycles. The molecule has 3 atom stereocenters. The third kappa shape index (κ3) is 6.83. The summed E-state index contributed by atoms with van der Waals surface area (Å²) < 4.78 is 15.2. The first-order valence-electron chi connectivity index (χ1n) is 13.4. The van der Waals surface area contributed by atoms with Crippen molar-refractivity contribution in [3.05, 3.63) is 125 Å². The lowest BCUT2D eigenvalue weighted by atomic mass is 10.0. The number of amides is 1. The molecule has 1 amide bonds. The topological polar surface area (TPSA) is 93.6 Å². The zero-order valence-electron chi connectivity index (χ0n) is 22.2. The number of hydrogen-bond donors (Lipinski definition) is 2. The molecule has 208 valence electrons. The molecule has 3 heterocycles. The second-order valence-corrected chi connectivity index (χ2v) is 12.1. The standard InChI is InChI=1S/C32H29N3O4S2/c36-19-22-9-11-23(12-10-22)28-16-26(20-40-32-35-27-5-1-2-6-29(27)41-32)38-31(39-28)24-13-7-21(8-14-24)17-34-30(37)25-4-3-15-33-18-25/h1-15,18,26,28,31,36H,16-17,19-20H2,(H,34,37)/t26-,28+,31+/m1/s1. The minimum absolute atomic E-state index is 0.00795. The van der Waals surface area contributed by atoms with Crippen LogP contribution in [0.3, 0.4) is 0 Å². The van der Waals surface area contributed by atoms with E-state index in [0.29, 0.717) is 18.5 Å². The summed E-state index contributed by atoms with van der Waals surface area (Å²) >= 11 is 3.41. The zero-order chi connectivity index (χ0) is 28.0. The van der Waals surface area contributed by atoms with E-state index < -0.39 is 6.29 Å². The van der Waals surface area contributed by atoms with Crippen LogP contribution in [0.4, 0.5) is 0 Å². The highest BCUT2D eigenvalue weighted by Crippen LogP contribution is 2.40. The van der Waals surface area contributed by atoms with Gasteiger partial charge >= 0.3 is 0 Å². The largest absolute Gasteiger partial charge is 0.392 e. The van der Waals surface area contributed by atoms with Crippen LogP contribution < -0.4 is 5.32 Å². The summed E-state index contributed by atoms with van der Waals surface area (Å²) in [5.74, 6) is 0.591. The molecule has 2 aromatic heterocycles. The third-order valence-corrected chi connectivity index (χ3v) is 9.22. The fourth-order valence-electron chi connectivity index (χ4n) is 4.67. The van der Waals surface area contributed by atoms with Crippen molar-refractivity contribution in [2.45, 2.75) is 42.4 Å². The lowest BCUT2D eigenvalue weighted by Crippen LogP contribution is -2.31. The Morgan fingerprint density at radius 1 is 0.951 bits per heavy atom. The number of carbonyl (C=O) groups is 1. The molecule has 41 heavy (non-hydrogen) atoms. The number of aromatic nitrogens is 2. The van der Waals surface area contributed by atoms with Gasteiger partial charge in [-0.1, -0.05) is 72.4 Å². The van der Waals surface area contributed by atoms with Crippen LogP contribution in [0.1, 0.15) is 51.4 Å². The molecular weight excluding hydrogens is 555 g/mol. The van der Waals surface area contributed by atoms with E-state index in [1.807, 2.05) is 66.7 Å². The van der Waals surface area contributed by atoms with Crippen LogP contribution in [0.25, 0.3) is 10.2 Å². The molecule has 0 spiro atoms. The predicted octanol–water partition coefficient (Wildman–Crippen LogP) is 6.45. The Bertz CT molecular complexity index is 1560. The van der Waals surface area contributed by atoms with Gasteiger partial charge in [0.1, 0.15) is 0 Å². The number of thiazole rings is 1. The molecule has 0 bridgehead atoms. The van der Waals surface area contributed by atoms with E-state index in [0.717, 1.165) is 37.9 Å². The monoisotopic (exact) mass is 583 g/mol. The van der Waals surface area contributed by atoms with Gasteiger partial charge in [-0.25, -0.2) is 4.98 Å². The van der Waals surface area contributed by atoms with Crippen LogP contribution in [-0.2, 0) is 22.6 Å². The fourth-order valence-corrected chi connectivity index (χ4v) is 6.79. The Hall–Kier alpha value is -3.60. The van der Waals surface area contributed by atoms with Gasteiger partial charge in [-0.05, 0) is 41.0 Å². The Kier molecular flexibility index (Phi) is 8.69. The number of thioether (sulfide) groups is 1. The first-order chi connectivity index (χ1) is 20.1. The number of carbonyl (C=O) groups excluding carboxylic acids is 1. The van der Waals surface area contributed by atoms with Gasteiger partial charge in [-0.3, -0.25) is 9.78 Å². The Balaban J connectivity index is 1.15. The van der Waals surface area contributed by atoms with Crippen molar-refractivity contribution in [2.24, 2.45) is 0 Å². The minimum atomic E-state index is -0.536. The zero-order valence-corrected chi connectivity index (χ0v) is 23.8. The quantitative estimate of drug-likeness (QED) is 0.193. The number of benzene rings is 3. The maximum Gasteiger partial charge on any atom is 0.253 e. The molecule has 3 aromatic carbocycles. The summed E-state index contributed by atoms with van der Waals surface area (Å²) in [6.45, 7) is 0.412. The van der Waals surface area contributed by atoms with E-state index in [4.69, 9.17) is 14.5 Å². The average molecular weight is 584 g/mol. The summed E-state index contributed by atoms with van der Waals surface area (Å²) in [5.41, 5.74) is 5.36. The van der Waals surface area contributed by atoms with Crippen molar-refractivity contribution in [3.8, 4) is 0 Å². The lowest BCUT2D eigenvalue weighted by molar-refractivity contribution is -0.245. The second kappa shape index (κ2) is 12.9. The van der Waals surface area contributed by atoms with Crippen molar-refractivity contribution < 1.29 is 19.4 Å². The fraction of sp³-hybridized carbons (Fsp3) is 0.219. The highest BCUT2D eigenvalue weighted by Gasteiger charge is 2.32. The number of rotatable bonds is 9. The van der Waals surface area contributed by atoms with E-state index in [1.165, 1.54) is 4.70 Å². The van der Waals surface area contributed by atoms with Gasteiger partial charge in [-0.2, -0.15) is 0 Å². The van der Waals surface area contributed by atoms with Gasteiger partial charge in [0.15, 0.2) is 10.6 Å². The predicted molar refractivity (Wildman–Crippen MR) is 161 cm³/mol. The highest BCUT2D eigenvalue weighted by atomic mass is 32.2. The van der Waals surface area contributed by atoms with Gasteiger partial charge in [0.05, 0.1) is 34.6 Å². The number of pyridine rings is 1. The minimum Gasteiger partial charge on any atom is -0.392 e. The van der Waals surface area contributed by atoms with Gasteiger partial charge in [-0.15, -0.1) is 11.3 Å². The average Bonchev–Trinajstić information content (AvgIpc) is 3.46. The molecule has 9 heteroatoms. The van der Waals surface area contributed by atoms with Gasteiger partial charge < -0.3 is 19.9 Å².